The van der Waals surface area contributed by atoms with Crippen LogP contribution in [0.2, 0.25) is 0 Å². The van der Waals surface area contributed by atoms with Crippen LogP contribution >= 0.6 is 0 Å². The van der Waals surface area contributed by atoms with Crippen LogP contribution < -0.4 is 0 Å². The molecule has 2 unspecified atom stereocenters. The number of hydrogen-bond donors (Lipinski definition) is 1. The van der Waals surface area contributed by atoms with Crippen molar-refractivity contribution in [2.24, 2.45) is 11.3 Å². The number of H-pyrrole nitrogens is 1. The minimum Gasteiger partial charge on any atom is -0.342 e. The Hall–Kier alpha value is -2.53. The maximum atomic E-state index is 13.9. The van der Waals surface area contributed by atoms with Crippen molar-refractivity contribution < 1.29 is 9.18 Å². The van der Waals surface area contributed by atoms with Gasteiger partial charge in [0.1, 0.15) is 17.4 Å². The van der Waals surface area contributed by atoms with E-state index >= 15 is 0 Å². The number of aromatic amines is 1. The number of Topliss-reactive ketones (excluding diaryl/α,β-unsaturated/α-hetero) is 1. The van der Waals surface area contributed by atoms with Crippen molar-refractivity contribution in [3.05, 3.63) is 65.2 Å². The molecule has 2 aromatic carbocycles. The van der Waals surface area contributed by atoms with Gasteiger partial charge in [0.15, 0.2) is 0 Å². The van der Waals surface area contributed by atoms with E-state index in [-0.39, 0.29) is 22.9 Å². The van der Waals surface area contributed by atoms with E-state index in [1.807, 2.05) is 24.3 Å². The number of carbonyl (C=O) groups is 1. The quantitative estimate of drug-likeness (QED) is 0.383. The van der Waals surface area contributed by atoms with E-state index in [1.165, 1.54) is 5.56 Å². The molecule has 3 aromatic rings. The molecule has 0 bridgehead atoms. The van der Waals surface area contributed by atoms with Gasteiger partial charge in [0.2, 0.25) is 0 Å². The van der Waals surface area contributed by atoms with Crippen molar-refractivity contribution in [2.45, 2.75) is 65.2 Å². The van der Waals surface area contributed by atoms with Crippen LogP contribution in [-0.4, -0.2) is 40.8 Å². The van der Waals surface area contributed by atoms with Crippen molar-refractivity contribution in [3.8, 4) is 0 Å². The molecule has 0 saturated carbocycles. The fourth-order valence-electron chi connectivity index (χ4n) is 6.26. The topological polar surface area (TPSA) is 49.0 Å². The minimum absolute atomic E-state index is 0.0716. The fourth-order valence-corrected chi connectivity index (χ4v) is 6.26. The Bertz CT molecular complexity index is 1100. The smallest absolute Gasteiger partial charge is 0.130 e. The zero-order valence-electron chi connectivity index (χ0n) is 21.0. The summed E-state index contributed by atoms with van der Waals surface area (Å²) < 4.78 is 13.9. The molecule has 0 fully saturated rings. The van der Waals surface area contributed by atoms with Crippen molar-refractivity contribution >= 4 is 16.8 Å². The van der Waals surface area contributed by atoms with Gasteiger partial charge in [0.05, 0.1) is 11.0 Å². The summed E-state index contributed by atoms with van der Waals surface area (Å²) in [6.07, 6.45) is 5.32. The maximum absolute atomic E-state index is 13.9. The predicted octanol–water partition coefficient (Wildman–Crippen LogP) is 6.31. The fraction of sp³-hybridized carbons (Fsp3) is 0.517. The molecule has 4 nitrogen and oxygen atoms in total. The Kier molecular flexibility index (Phi) is 7.51. The van der Waals surface area contributed by atoms with Crippen LogP contribution in [0.25, 0.3) is 11.0 Å². The molecule has 5 heteroatoms. The van der Waals surface area contributed by atoms with E-state index in [2.05, 4.69) is 36.8 Å². The molecule has 4 rings (SSSR count). The zero-order chi connectivity index (χ0) is 24.3. The highest BCUT2D eigenvalue weighted by atomic mass is 19.1. The average Bonchev–Trinajstić information content (AvgIpc) is 3.20. The summed E-state index contributed by atoms with van der Waals surface area (Å²) in [5, 5.41) is 0. The monoisotopic (exact) mass is 463 g/mol. The second-order valence-corrected chi connectivity index (χ2v) is 10.7. The van der Waals surface area contributed by atoms with E-state index in [1.54, 1.807) is 19.1 Å². The molecule has 0 spiro atoms. The second-order valence-electron chi connectivity index (χ2n) is 10.7. The van der Waals surface area contributed by atoms with E-state index in [0.717, 1.165) is 67.6 Å². The molecule has 1 aromatic heterocycles. The molecule has 1 N–H and O–H groups in total. The number of para-hydroxylation sites is 2. The number of nitrogens with zero attached hydrogens (tertiary/aromatic N) is 2. The number of benzene rings is 2. The van der Waals surface area contributed by atoms with Crippen LogP contribution in [0.5, 0.6) is 0 Å². The number of carbonyl (C=O) groups excluding carboxylic acids is 1. The van der Waals surface area contributed by atoms with E-state index < -0.39 is 0 Å². The first-order valence-corrected chi connectivity index (χ1v) is 12.7. The Balaban J connectivity index is 1.42. The lowest BCUT2D eigenvalue weighted by molar-refractivity contribution is -0.120. The van der Waals surface area contributed by atoms with Gasteiger partial charge in [-0.15, -0.1) is 0 Å². The number of aromatic nitrogens is 2. The first-order valence-electron chi connectivity index (χ1n) is 12.7. The Morgan fingerprint density at radius 3 is 2.76 bits per heavy atom. The summed E-state index contributed by atoms with van der Waals surface area (Å²) in [5.74, 6) is 1.79. The minimum atomic E-state index is -0.162. The zero-order valence-corrected chi connectivity index (χ0v) is 21.0. The molecule has 0 amide bonds. The van der Waals surface area contributed by atoms with Gasteiger partial charge in [-0.1, -0.05) is 32.0 Å². The Labute approximate surface area is 203 Å². The van der Waals surface area contributed by atoms with Crippen LogP contribution in [0, 0.1) is 17.2 Å². The number of fused-ring (bicyclic) bond motifs is 2. The third-order valence-electron chi connectivity index (χ3n) is 7.64. The molecular formula is C29H38FN3O. The van der Waals surface area contributed by atoms with Gasteiger partial charge in [-0.2, -0.15) is 0 Å². The van der Waals surface area contributed by atoms with Gasteiger partial charge in [-0.25, -0.2) is 9.37 Å². The SMILES string of the molecule is CC(=O)CC1(CCN(C)CCCc2nc3ccccc3[nH]2)CCc2cc(F)ccc2C1C(C)C. The van der Waals surface area contributed by atoms with Crippen molar-refractivity contribution in [3.63, 3.8) is 0 Å². The molecule has 1 aliphatic carbocycles. The molecule has 0 aliphatic heterocycles. The standard InChI is InChI=1S/C29H38FN3O/c1-20(2)28-24-12-11-23(30)18-22(24)13-14-29(28,19-21(3)34)15-17-33(4)16-7-10-27-31-25-8-5-6-9-26(25)32-27/h5-6,8-9,11-12,18,20,28H,7,10,13-17,19H2,1-4H3,(H,31,32). The highest BCUT2D eigenvalue weighted by molar-refractivity contribution is 5.76. The van der Waals surface area contributed by atoms with Gasteiger partial charge in [-0.05, 0) is 105 Å². The summed E-state index contributed by atoms with van der Waals surface area (Å²) in [6.45, 7) is 8.15. The van der Waals surface area contributed by atoms with Crippen LogP contribution in [0.1, 0.15) is 69.3 Å². The number of halogens is 1. The Morgan fingerprint density at radius 1 is 1.24 bits per heavy atom. The lowest BCUT2D eigenvalue weighted by atomic mass is 9.57. The molecule has 1 heterocycles. The average molecular weight is 464 g/mol. The molecule has 1 aliphatic rings. The highest BCUT2D eigenvalue weighted by Crippen LogP contribution is 2.53. The molecule has 34 heavy (non-hydrogen) atoms. The number of imidazole rings is 1. The highest BCUT2D eigenvalue weighted by Gasteiger charge is 2.45. The molecule has 182 valence electrons. The third kappa shape index (κ3) is 5.41. The van der Waals surface area contributed by atoms with E-state index in [0.29, 0.717) is 12.3 Å². The summed E-state index contributed by atoms with van der Waals surface area (Å²) in [4.78, 5) is 22.9. The van der Waals surface area contributed by atoms with Gasteiger partial charge in [0, 0.05) is 12.8 Å². The number of hydrogen-bond acceptors (Lipinski definition) is 3. The molecular weight excluding hydrogens is 425 g/mol. The third-order valence-corrected chi connectivity index (χ3v) is 7.64. The number of nitrogens with one attached hydrogen (secondary N) is 1. The van der Waals surface area contributed by atoms with Crippen molar-refractivity contribution in [2.75, 3.05) is 20.1 Å². The van der Waals surface area contributed by atoms with Crippen molar-refractivity contribution in [1.82, 2.24) is 14.9 Å². The van der Waals surface area contributed by atoms with Gasteiger partial charge in [-0.3, -0.25) is 0 Å². The first-order chi connectivity index (χ1) is 16.3. The Morgan fingerprint density at radius 2 is 2.03 bits per heavy atom. The summed E-state index contributed by atoms with van der Waals surface area (Å²) in [6, 6.07) is 13.4. The second kappa shape index (κ2) is 10.4. The first kappa shape index (κ1) is 24.6. The largest absolute Gasteiger partial charge is 0.342 e. The number of aryl methyl sites for hydroxylation is 2. The molecule has 2 atom stereocenters. The predicted molar refractivity (Wildman–Crippen MR) is 137 cm³/mol. The number of ketones is 1. The summed E-state index contributed by atoms with van der Waals surface area (Å²) >= 11 is 0. The molecule has 0 saturated heterocycles. The van der Waals surface area contributed by atoms with Crippen molar-refractivity contribution in [1.29, 1.82) is 0 Å². The van der Waals surface area contributed by atoms with Gasteiger partial charge < -0.3 is 14.7 Å². The van der Waals surface area contributed by atoms with E-state index in [4.69, 9.17) is 4.98 Å². The molecule has 0 radical (unpaired) electrons. The summed E-state index contributed by atoms with van der Waals surface area (Å²) in [5.41, 5.74) is 4.41. The number of rotatable bonds is 10. The van der Waals surface area contributed by atoms with E-state index in [9.17, 15) is 9.18 Å². The van der Waals surface area contributed by atoms with Crippen LogP contribution in [0.15, 0.2) is 42.5 Å². The van der Waals surface area contributed by atoms with Crippen LogP contribution in [0.4, 0.5) is 4.39 Å². The maximum Gasteiger partial charge on any atom is 0.130 e. The van der Waals surface area contributed by atoms with Gasteiger partial charge in [0.25, 0.3) is 0 Å². The van der Waals surface area contributed by atoms with Crippen LogP contribution in [0.3, 0.4) is 0 Å². The lowest BCUT2D eigenvalue weighted by Gasteiger charge is -2.48. The summed E-state index contributed by atoms with van der Waals surface area (Å²) in [7, 11) is 2.18. The normalized spacial score (nSPS) is 20.3. The van der Waals surface area contributed by atoms with Crippen LogP contribution in [-0.2, 0) is 17.6 Å². The lowest BCUT2D eigenvalue weighted by Crippen LogP contribution is -2.41. The van der Waals surface area contributed by atoms with Gasteiger partial charge >= 0.3 is 0 Å².